The van der Waals surface area contributed by atoms with Crippen LogP contribution in [-0.4, -0.2) is 47.4 Å². The molecule has 0 saturated heterocycles. The maximum absolute atomic E-state index is 12.5. The lowest BCUT2D eigenvalue weighted by Gasteiger charge is -2.22. The van der Waals surface area contributed by atoms with Crippen LogP contribution in [0.1, 0.15) is 399 Å². The molecule has 0 radical (unpaired) electrons. The van der Waals surface area contributed by atoms with Gasteiger partial charge < -0.3 is 20.3 Å². The molecule has 6 nitrogen and oxygen atoms in total. The minimum atomic E-state index is -0.664. The van der Waals surface area contributed by atoms with E-state index in [0.29, 0.717) is 25.9 Å². The van der Waals surface area contributed by atoms with Crippen LogP contribution >= 0.6 is 0 Å². The first-order chi connectivity index (χ1) is 38.5. The molecule has 0 aliphatic carbocycles. The molecule has 0 fully saturated rings. The van der Waals surface area contributed by atoms with Crippen molar-refractivity contribution in [1.29, 1.82) is 0 Å². The second kappa shape index (κ2) is 67.8. The van der Waals surface area contributed by atoms with Gasteiger partial charge in [0.2, 0.25) is 5.91 Å². The summed E-state index contributed by atoms with van der Waals surface area (Å²) in [6.07, 6.45) is 85.1. The van der Waals surface area contributed by atoms with Gasteiger partial charge in [-0.25, -0.2) is 0 Å². The van der Waals surface area contributed by atoms with Gasteiger partial charge in [-0.2, -0.15) is 0 Å². The highest BCUT2D eigenvalue weighted by Crippen LogP contribution is 2.19. The Morgan fingerprint density at radius 1 is 0.346 bits per heavy atom. The monoisotopic (exact) mass is 1100 g/mol. The Labute approximate surface area is 488 Å². The maximum atomic E-state index is 12.5. The van der Waals surface area contributed by atoms with Crippen molar-refractivity contribution >= 4 is 11.9 Å². The molecule has 78 heavy (non-hydrogen) atoms. The van der Waals surface area contributed by atoms with E-state index in [1.807, 2.05) is 0 Å². The van der Waals surface area contributed by atoms with Crippen molar-refractivity contribution in [2.24, 2.45) is 0 Å². The van der Waals surface area contributed by atoms with E-state index < -0.39 is 12.1 Å². The van der Waals surface area contributed by atoms with Gasteiger partial charge in [0.15, 0.2) is 0 Å². The third-order valence-corrected chi connectivity index (χ3v) is 16.7. The van der Waals surface area contributed by atoms with Gasteiger partial charge in [0, 0.05) is 12.8 Å². The highest BCUT2D eigenvalue weighted by Gasteiger charge is 2.20. The first kappa shape index (κ1) is 76.3. The van der Waals surface area contributed by atoms with Crippen molar-refractivity contribution in [2.45, 2.75) is 411 Å². The number of nitrogens with one attached hydrogen (secondary N) is 1. The Bertz CT molecular complexity index is 1220. The number of ether oxygens (including phenoxy) is 1. The average Bonchev–Trinajstić information content (AvgIpc) is 3.44. The Morgan fingerprint density at radius 3 is 0.910 bits per heavy atom. The molecule has 0 spiro atoms. The quantitative estimate of drug-likeness (QED) is 0.0320. The standard InChI is InChI=1S/C72H139NO5/c1-3-5-7-9-11-13-15-17-19-20-34-38-42-46-50-54-58-62-66-72(77)78-67-63-59-55-51-47-43-39-35-32-30-28-26-24-22-21-23-25-27-29-31-33-37-41-45-49-53-57-61-65-71(76)73-69(68-74)70(75)64-60-56-52-48-44-40-36-18-16-14-12-10-8-6-4-2/h19-22,69-70,74-75H,3-18,23-68H2,1-2H3,(H,73,76)/b20-19-,22-21-. The van der Waals surface area contributed by atoms with Crippen LogP contribution in [0.4, 0.5) is 0 Å². The van der Waals surface area contributed by atoms with Crippen LogP contribution in [0.15, 0.2) is 24.3 Å². The molecule has 0 aliphatic rings. The summed E-state index contributed by atoms with van der Waals surface area (Å²) in [5.41, 5.74) is 0. The van der Waals surface area contributed by atoms with Gasteiger partial charge in [-0.15, -0.1) is 0 Å². The number of rotatable bonds is 67. The molecule has 0 aromatic rings. The van der Waals surface area contributed by atoms with E-state index in [0.717, 1.165) is 44.9 Å². The summed E-state index contributed by atoms with van der Waals surface area (Å²) in [7, 11) is 0. The summed E-state index contributed by atoms with van der Waals surface area (Å²) in [6, 6.07) is -0.541. The summed E-state index contributed by atoms with van der Waals surface area (Å²) in [6.45, 7) is 4.98. The zero-order valence-corrected chi connectivity index (χ0v) is 52.9. The van der Waals surface area contributed by atoms with Crippen molar-refractivity contribution in [3.63, 3.8) is 0 Å². The van der Waals surface area contributed by atoms with Gasteiger partial charge in [0.25, 0.3) is 0 Å². The lowest BCUT2D eigenvalue weighted by Crippen LogP contribution is -2.45. The molecular formula is C72H139NO5. The zero-order chi connectivity index (χ0) is 56.4. The van der Waals surface area contributed by atoms with Crippen molar-refractivity contribution in [1.82, 2.24) is 5.32 Å². The molecule has 3 N–H and O–H groups in total. The highest BCUT2D eigenvalue weighted by molar-refractivity contribution is 5.76. The fraction of sp³-hybridized carbons (Fsp3) is 0.917. The Morgan fingerprint density at radius 2 is 0.603 bits per heavy atom. The third-order valence-electron chi connectivity index (χ3n) is 16.7. The van der Waals surface area contributed by atoms with Gasteiger partial charge in [-0.05, 0) is 77.0 Å². The number of carbonyl (C=O) groups is 2. The van der Waals surface area contributed by atoms with Crippen molar-refractivity contribution in [2.75, 3.05) is 13.2 Å². The SMILES string of the molecule is CCCCCCCCC/C=C\CCCCCCCCCC(=O)OCCCCCCCCCCCCCC/C=C\CCCCCCCCCCCCCCC(=O)NC(CO)C(O)CCCCCCCCCCCCCCCCC. The number of hydrogen-bond acceptors (Lipinski definition) is 5. The third kappa shape index (κ3) is 63.5. The van der Waals surface area contributed by atoms with Crippen LogP contribution in [0, 0.1) is 0 Å². The highest BCUT2D eigenvalue weighted by atomic mass is 16.5. The number of aliphatic hydroxyl groups excluding tert-OH is 2. The summed E-state index contributed by atoms with van der Waals surface area (Å²) in [5.74, 6) is -0.0184. The molecule has 462 valence electrons. The van der Waals surface area contributed by atoms with Crippen molar-refractivity contribution < 1.29 is 24.5 Å². The summed E-state index contributed by atoms with van der Waals surface area (Å²) in [4.78, 5) is 24.6. The van der Waals surface area contributed by atoms with E-state index >= 15 is 0 Å². The number of allylic oxidation sites excluding steroid dienone is 4. The lowest BCUT2D eigenvalue weighted by molar-refractivity contribution is -0.143. The van der Waals surface area contributed by atoms with Crippen LogP contribution in [0.2, 0.25) is 0 Å². The molecular weight excluding hydrogens is 959 g/mol. The number of unbranched alkanes of at least 4 members (excludes halogenated alkanes) is 52. The molecule has 0 aromatic heterocycles. The van der Waals surface area contributed by atoms with Crippen LogP contribution in [0.25, 0.3) is 0 Å². The topological polar surface area (TPSA) is 95.9 Å². The number of amides is 1. The Kier molecular flexibility index (Phi) is 66.4. The molecule has 0 saturated carbocycles. The lowest BCUT2D eigenvalue weighted by atomic mass is 10.0. The minimum absolute atomic E-state index is 0.0137. The van der Waals surface area contributed by atoms with Gasteiger partial charge in [0.1, 0.15) is 0 Å². The van der Waals surface area contributed by atoms with E-state index in [1.54, 1.807) is 0 Å². The van der Waals surface area contributed by atoms with Crippen LogP contribution in [0.5, 0.6) is 0 Å². The molecule has 0 bridgehead atoms. The molecule has 0 rings (SSSR count). The molecule has 6 heteroatoms. The van der Waals surface area contributed by atoms with Crippen LogP contribution in [0.3, 0.4) is 0 Å². The van der Waals surface area contributed by atoms with E-state index in [1.165, 1.54) is 321 Å². The summed E-state index contributed by atoms with van der Waals surface area (Å²) in [5, 5.41) is 23.3. The number of hydrogen-bond donors (Lipinski definition) is 3. The fourth-order valence-electron chi connectivity index (χ4n) is 11.3. The Balaban J connectivity index is 3.36. The summed E-state index contributed by atoms with van der Waals surface area (Å²) < 4.78 is 5.50. The van der Waals surface area contributed by atoms with E-state index in [4.69, 9.17) is 4.74 Å². The van der Waals surface area contributed by atoms with E-state index in [9.17, 15) is 19.8 Å². The molecule has 1 amide bonds. The first-order valence-electron chi connectivity index (χ1n) is 35.6. The second-order valence-electron chi connectivity index (χ2n) is 24.6. The maximum Gasteiger partial charge on any atom is 0.305 e. The van der Waals surface area contributed by atoms with Gasteiger partial charge in [-0.1, -0.05) is 334 Å². The number of aliphatic hydroxyl groups is 2. The predicted octanol–water partition coefficient (Wildman–Crippen LogP) is 22.9. The van der Waals surface area contributed by atoms with Crippen molar-refractivity contribution in [3.8, 4) is 0 Å². The van der Waals surface area contributed by atoms with Crippen LogP contribution in [-0.2, 0) is 14.3 Å². The summed E-state index contributed by atoms with van der Waals surface area (Å²) >= 11 is 0. The first-order valence-corrected chi connectivity index (χ1v) is 35.6. The largest absolute Gasteiger partial charge is 0.466 e. The zero-order valence-electron chi connectivity index (χ0n) is 52.9. The Hall–Kier alpha value is -1.66. The van der Waals surface area contributed by atoms with Gasteiger partial charge in [0.05, 0.1) is 25.4 Å². The molecule has 2 atom stereocenters. The number of esters is 1. The average molecular weight is 1100 g/mol. The minimum Gasteiger partial charge on any atom is -0.466 e. The second-order valence-corrected chi connectivity index (χ2v) is 24.6. The van der Waals surface area contributed by atoms with Crippen LogP contribution < -0.4 is 5.32 Å². The fourth-order valence-corrected chi connectivity index (χ4v) is 11.3. The van der Waals surface area contributed by atoms with Gasteiger partial charge in [-0.3, -0.25) is 9.59 Å². The van der Waals surface area contributed by atoms with Crippen molar-refractivity contribution in [3.05, 3.63) is 24.3 Å². The van der Waals surface area contributed by atoms with E-state index in [-0.39, 0.29) is 18.5 Å². The molecule has 0 aromatic carbocycles. The smallest absolute Gasteiger partial charge is 0.305 e. The normalized spacial score (nSPS) is 12.6. The van der Waals surface area contributed by atoms with Gasteiger partial charge >= 0.3 is 5.97 Å². The van der Waals surface area contributed by atoms with E-state index in [2.05, 4.69) is 43.5 Å². The molecule has 0 heterocycles. The number of carbonyl (C=O) groups excluding carboxylic acids is 2. The molecule has 0 aliphatic heterocycles. The molecule has 2 unspecified atom stereocenters. The predicted molar refractivity (Wildman–Crippen MR) is 343 cm³/mol.